The summed E-state index contributed by atoms with van der Waals surface area (Å²) in [5.41, 5.74) is 5.93. The van der Waals surface area contributed by atoms with Crippen LogP contribution in [-0.2, 0) is 4.79 Å². The summed E-state index contributed by atoms with van der Waals surface area (Å²) in [5.74, 6) is 0.718. The van der Waals surface area contributed by atoms with Gasteiger partial charge in [0, 0.05) is 12.3 Å². The van der Waals surface area contributed by atoms with Crippen LogP contribution < -0.4 is 0 Å². The third-order valence-corrected chi connectivity index (χ3v) is 4.81. The highest BCUT2D eigenvalue weighted by molar-refractivity contribution is 5.78. The highest BCUT2D eigenvalue weighted by Crippen LogP contribution is 2.47. The fraction of sp³-hybridized carbons (Fsp3) is 0.571. The Morgan fingerprint density at radius 1 is 1.14 bits per heavy atom. The van der Waals surface area contributed by atoms with Gasteiger partial charge in [0.2, 0.25) is 0 Å². The van der Waals surface area contributed by atoms with Gasteiger partial charge in [-0.2, -0.15) is 0 Å². The van der Waals surface area contributed by atoms with Gasteiger partial charge in [-0.05, 0) is 56.1 Å². The smallest absolute Gasteiger partial charge is 0.133 e. The molecule has 0 spiro atoms. The molecule has 2 rings (SSSR count). The lowest BCUT2D eigenvalue weighted by Gasteiger charge is -2.37. The summed E-state index contributed by atoms with van der Waals surface area (Å²) in [6.45, 7) is 10.9. The first-order chi connectivity index (χ1) is 10.3. The molecule has 1 aromatic carbocycles. The summed E-state index contributed by atoms with van der Waals surface area (Å²) < 4.78 is 0. The van der Waals surface area contributed by atoms with E-state index in [-0.39, 0.29) is 5.41 Å². The minimum Gasteiger partial charge on any atom is -0.300 e. The second-order valence-electron chi connectivity index (χ2n) is 7.87. The summed E-state index contributed by atoms with van der Waals surface area (Å²) in [5, 5.41) is 0. The number of allylic oxidation sites excluding steroid dienone is 2. The summed E-state index contributed by atoms with van der Waals surface area (Å²) >= 11 is 0. The molecule has 0 aliphatic heterocycles. The van der Waals surface area contributed by atoms with Crippen LogP contribution in [0.1, 0.15) is 76.8 Å². The molecule has 0 heterocycles. The first kappa shape index (κ1) is 17.0. The van der Waals surface area contributed by atoms with Gasteiger partial charge in [0.25, 0.3) is 0 Å². The van der Waals surface area contributed by atoms with Crippen LogP contribution >= 0.6 is 0 Å². The van der Waals surface area contributed by atoms with Crippen molar-refractivity contribution >= 4 is 5.78 Å². The van der Waals surface area contributed by atoms with Crippen molar-refractivity contribution in [2.45, 2.75) is 72.6 Å². The second kappa shape index (κ2) is 6.81. The molecule has 1 heteroatoms. The van der Waals surface area contributed by atoms with Gasteiger partial charge in [-0.25, -0.2) is 0 Å². The molecule has 120 valence electrons. The highest BCUT2D eigenvalue weighted by Gasteiger charge is 2.33. The van der Waals surface area contributed by atoms with E-state index >= 15 is 0 Å². The Kier molecular flexibility index (Phi) is 5.26. The molecule has 0 bridgehead atoms. The standard InChI is InChI=1S/C21H30O/c1-15-10-6-8-12-18(15)20(21(3,4)5)19-13-9-7-11-17(19)14-16(2)22/h6,8,10,12,20H,7,9,11,13-14H2,1-5H3. The number of hydrogen-bond donors (Lipinski definition) is 0. The highest BCUT2D eigenvalue weighted by atomic mass is 16.1. The lowest BCUT2D eigenvalue weighted by atomic mass is 9.67. The molecule has 1 unspecified atom stereocenters. The van der Waals surface area contributed by atoms with Gasteiger partial charge in [-0.1, -0.05) is 56.2 Å². The first-order valence-corrected chi connectivity index (χ1v) is 8.56. The number of carbonyl (C=O) groups excluding carboxylic acids is 1. The molecule has 1 nitrogen and oxygen atoms in total. The number of hydrogen-bond acceptors (Lipinski definition) is 1. The van der Waals surface area contributed by atoms with Crippen LogP contribution in [0, 0.1) is 12.3 Å². The lowest BCUT2D eigenvalue weighted by Crippen LogP contribution is -2.24. The predicted molar refractivity (Wildman–Crippen MR) is 94.2 cm³/mol. The van der Waals surface area contributed by atoms with E-state index < -0.39 is 0 Å². The Morgan fingerprint density at radius 2 is 1.77 bits per heavy atom. The molecule has 0 amide bonds. The van der Waals surface area contributed by atoms with Crippen molar-refractivity contribution in [2.24, 2.45) is 5.41 Å². The first-order valence-electron chi connectivity index (χ1n) is 8.56. The Balaban J connectivity index is 2.55. The molecule has 0 saturated carbocycles. The van der Waals surface area contributed by atoms with Crippen molar-refractivity contribution in [3.8, 4) is 0 Å². The average Bonchev–Trinajstić information content (AvgIpc) is 2.41. The van der Waals surface area contributed by atoms with Crippen molar-refractivity contribution in [1.29, 1.82) is 0 Å². The van der Waals surface area contributed by atoms with Crippen molar-refractivity contribution in [1.82, 2.24) is 0 Å². The average molecular weight is 298 g/mol. The molecular formula is C21H30O. The number of rotatable bonds is 4. The molecule has 22 heavy (non-hydrogen) atoms. The third-order valence-electron chi connectivity index (χ3n) is 4.81. The maximum Gasteiger partial charge on any atom is 0.133 e. The van der Waals surface area contributed by atoms with Gasteiger partial charge in [0.15, 0.2) is 0 Å². The van der Waals surface area contributed by atoms with E-state index in [9.17, 15) is 4.79 Å². The number of Topliss-reactive ketones (excluding diaryl/α,β-unsaturated/α-hetero) is 1. The van der Waals surface area contributed by atoms with Crippen LogP contribution in [0.15, 0.2) is 35.4 Å². The van der Waals surface area contributed by atoms with Gasteiger partial charge in [-0.15, -0.1) is 0 Å². The van der Waals surface area contributed by atoms with Crippen LogP contribution in [-0.4, -0.2) is 5.78 Å². The third kappa shape index (κ3) is 3.88. The van der Waals surface area contributed by atoms with Crippen LogP contribution in [0.2, 0.25) is 0 Å². The topological polar surface area (TPSA) is 17.1 Å². The molecular weight excluding hydrogens is 268 g/mol. The van der Waals surface area contributed by atoms with E-state index in [2.05, 4.69) is 52.0 Å². The van der Waals surface area contributed by atoms with Crippen molar-refractivity contribution in [3.05, 3.63) is 46.5 Å². The van der Waals surface area contributed by atoms with Crippen molar-refractivity contribution < 1.29 is 4.79 Å². The molecule has 0 radical (unpaired) electrons. The second-order valence-corrected chi connectivity index (χ2v) is 7.87. The quantitative estimate of drug-likeness (QED) is 0.625. The molecule has 0 fully saturated rings. The Bertz CT molecular complexity index is 572. The van der Waals surface area contributed by atoms with E-state index in [1.54, 1.807) is 12.5 Å². The summed E-state index contributed by atoms with van der Waals surface area (Å²) in [7, 11) is 0. The fourth-order valence-corrected chi connectivity index (χ4v) is 3.93. The molecule has 0 N–H and O–H groups in total. The summed E-state index contributed by atoms with van der Waals surface area (Å²) in [4.78, 5) is 11.7. The Morgan fingerprint density at radius 3 is 2.36 bits per heavy atom. The van der Waals surface area contributed by atoms with E-state index in [0.717, 1.165) is 12.8 Å². The van der Waals surface area contributed by atoms with E-state index in [1.807, 2.05) is 0 Å². The maximum absolute atomic E-state index is 11.7. The molecule has 1 aliphatic carbocycles. The van der Waals surface area contributed by atoms with Gasteiger partial charge >= 0.3 is 0 Å². The number of aryl methyl sites for hydroxylation is 1. The van der Waals surface area contributed by atoms with Crippen LogP contribution in [0.3, 0.4) is 0 Å². The van der Waals surface area contributed by atoms with Gasteiger partial charge in [0.1, 0.15) is 5.78 Å². The molecule has 1 aromatic rings. The van der Waals surface area contributed by atoms with E-state index in [1.165, 1.54) is 29.5 Å². The normalized spacial score (nSPS) is 17.5. The summed E-state index contributed by atoms with van der Waals surface area (Å²) in [6, 6.07) is 8.75. The zero-order valence-electron chi connectivity index (χ0n) is 14.8. The van der Waals surface area contributed by atoms with Crippen molar-refractivity contribution in [2.75, 3.05) is 0 Å². The van der Waals surface area contributed by atoms with E-state index in [4.69, 9.17) is 0 Å². The summed E-state index contributed by atoms with van der Waals surface area (Å²) in [6.07, 6.45) is 5.39. The van der Waals surface area contributed by atoms with E-state index in [0.29, 0.717) is 18.1 Å². The van der Waals surface area contributed by atoms with Gasteiger partial charge in [-0.3, -0.25) is 4.79 Å². The van der Waals surface area contributed by atoms with Gasteiger partial charge in [0.05, 0.1) is 0 Å². The van der Waals surface area contributed by atoms with Crippen LogP contribution in [0.5, 0.6) is 0 Å². The Hall–Kier alpha value is -1.37. The molecule has 0 saturated heterocycles. The zero-order chi connectivity index (χ0) is 16.3. The number of ketones is 1. The minimum atomic E-state index is 0.167. The van der Waals surface area contributed by atoms with Crippen molar-refractivity contribution in [3.63, 3.8) is 0 Å². The molecule has 0 aromatic heterocycles. The zero-order valence-corrected chi connectivity index (χ0v) is 14.8. The number of benzene rings is 1. The predicted octanol–water partition coefficient (Wildman–Crippen LogP) is 5.97. The largest absolute Gasteiger partial charge is 0.300 e. The fourth-order valence-electron chi connectivity index (χ4n) is 3.93. The van der Waals surface area contributed by atoms with Crippen LogP contribution in [0.4, 0.5) is 0 Å². The molecule has 1 atom stereocenters. The monoisotopic (exact) mass is 298 g/mol. The minimum absolute atomic E-state index is 0.167. The molecule has 1 aliphatic rings. The lowest BCUT2D eigenvalue weighted by molar-refractivity contribution is -0.116. The number of carbonyl (C=O) groups is 1. The van der Waals surface area contributed by atoms with Crippen LogP contribution in [0.25, 0.3) is 0 Å². The van der Waals surface area contributed by atoms with Gasteiger partial charge < -0.3 is 0 Å². The Labute approximate surface area is 135 Å². The SMILES string of the molecule is CC(=O)CC1=C(C(c2ccccc2C)C(C)(C)C)CCCC1. The maximum atomic E-state index is 11.7.